The van der Waals surface area contributed by atoms with E-state index in [0.29, 0.717) is 0 Å². The Morgan fingerprint density at radius 2 is 2.50 bits per heavy atom. The van der Waals surface area contributed by atoms with E-state index in [-0.39, 0.29) is 0 Å². The second kappa shape index (κ2) is 2.70. The van der Waals surface area contributed by atoms with Crippen molar-refractivity contribution < 1.29 is 0 Å². The van der Waals surface area contributed by atoms with Crippen molar-refractivity contribution in [2.24, 2.45) is 0 Å². The summed E-state index contributed by atoms with van der Waals surface area (Å²) >= 11 is 0. The fourth-order valence-corrected chi connectivity index (χ4v) is 0.777. The number of aryl methyl sites for hydroxylation is 1. The molecular weight excluding hydrogens is 96.9 g/mol. The van der Waals surface area contributed by atoms with Crippen LogP contribution >= 0.6 is 0 Å². The van der Waals surface area contributed by atoms with Crippen molar-refractivity contribution in [3.8, 4) is 0 Å². The Kier molecular flexibility index (Phi) is 1.89. The summed E-state index contributed by atoms with van der Waals surface area (Å²) in [5, 5.41) is 0. The predicted molar refractivity (Wildman–Crippen MR) is 36.1 cm³/mol. The van der Waals surface area contributed by atoms with Crippen molar-refractivity contribution in [1.29, 1.82) is 0 Å². The molecule has 0 N–H and O–H groups in total. The van der Waals surface area contributed by atoms with Crippen molar-refractivity contribution in [3.05, 3.63) is 18.3 Å². The van der Waals surface area contributed by atoms with Gasteiger partial charge in [-0.1, -0.05) is 0 Å². The van der Waals surface area contributed by atoms with E-state index in [1.807, 2.05) is 0 Å². The summed E-state index contributed by atoms with van der Waals surface area (Å²) < 4.78 is 2.18. The van der Waals surface area contributed by atoms with Crippen LogP contribution in [0.1, 0.15) is 13.3 Å². The summed E-state index contributed by atoms with van der Waals surface area (Å²) in [7, 11) is 0. The molecule has 0 saturated heterocycles. The molecule has 0 unspecified atom stereocenters. The first-order valence-electron chi connectivity index (χ1n) is 3.04. The van der Waals surface area contributed by atoms with E-state index < -0.39 is 0 Å². The predicted octanol–water partition coefficient (Wildman–Crippen LogP) is 1.24. The Bertz CT molecular complexity index is 134. The molecule has 1 aromatic heterocycles. The van der Waals surface area contributed by atoms with Crippen LogP contribution in [0.4, 0.5) is 0 Å². The second-order valence-corrected chi connectivity index (χ2v) is 1.92. The van der Waals surface area contributed by atoms with E-state index in [4.69, 9.17) is 0 Å². The standard InChI is InChI=1S/C6H10BN/c1-2-4-8-5-3-7-6-8/h3,5-6H,2,4H2,1H3. The minimum absolute atomic E-state index is 1.15. The maximum atomic E-state index is 2.18. The SMILES string of the molecule is CCCn1cbcc1. The van der Waals surface area contributed by atoms with Gasteiger partial charge in [0.25, 0.3) is 0 Å². The molecule has 1 nitrogen and oxygen atoms in total. The van der Waals surface area contributed by atoms with Crippen LogP contribution in [0.3, 0.4) is 0 Å². The van der Waals surface area contributed by atoms with Crippen molar-refractivity contribution in [3.63, 3.8) is 0 Å². The van der Waals surface area contributed by atoms with Gasteiger partial charge < -0.3 is 0 Å². The van der Waals surface area contributed by atoms with Crippen molar-refractivity contribution in [2.75, 3.05) is 0 Å². The van der Waals surface area contributed by atoms with E-state index in [2.05, 4.69) is 36.7 Å². The van der Waals surface area contributed by atoms with Gasteiger partial charge in [0.1, 0.15) is 0 Å². The third kappa shape index (κ3) is 1.22. The van der Waals surface area contributed by atoms with E-state index in [9.17, 15) is 0 Å². The van der Waals surface area contributed by atoms with Crippen LogP contribution in [0.2, 0.25) is 0 Å². The average molecular weight is 107 g/mol. The molecule has 0 aliphatic heterocycles. The minimum atomic E-state index is 1.15. The van der Waals surface area contributed by atoms with Gasteiger partial charge in [0.05, 0.1) is 0 Å². The summed E-state index contributed by atoms with van der Waals surface area (Å²) in [5.41, 5.74) is 0. The Hall–Kier alpha value is -0.525. The number of aromatic nitrogens is 1. The van der Waals surface area contributed by atoms with Crippen molar-refractivity contribution in [2.45, 2.75) is 19.9 Å². The molecule has 0 aromatic carbocycles. The summed E-state index contributed by atoms with van der Waals surface area (Å²) in [6.07, 6.45) is 5.39. The van der Waals surface area contributed by atoms with Crippen LogP contribution in [0.15, 0.2) is 18.3 Å². The van der Waals surface area contributed by atoms with Gasteiger partial charge in [0, 0.05) is 0 Å². The molecule has 1 rings (SSSR count). The van der Waals surface area contributed by atoms with E-state index in [0.717, 1.165) is 6.54 Å². The zero-order chi connectivity index (χ0) is 5.82. The Morgan fingerprint density at radius 1 is 1.62 bits per heavy atom. The van der Waals surface area contributed by atoms with Gasteiger partial charge in [0.2, 0.25) is 0 Å². The molecule has 0 saturated carbocycles. The third-order valence-electron chi connectivity index (χ3n) is 1.15. The first-order chi connectivity index (χ1) is 3.93. The fourth-order valence-electron chi connectivity index (χ4n) is 0.777. The first-order valence-corrected chi connectivity index (χ1v) is 3.04. The van der Waals surface area contributed by atoms with E-state index >= 15 is 0 Å². The molecule has 8 heavy (non-hydrogen) atoms. The zero-order valence-electron chi connectivity index (χ0n) is 5.17. The first kappa shape index (κ1) is 5.61. The summed E-state index contributed by atoms with van der Waals surface area (Å²) in [6, 6.07) is 0. The molecule has 1 heterocycles. The Balaban J connectivity index is 2.50. The summed E-state index contributed by atoms with van der Waals surface area (Å²) in [6.45, 7) is 5.38. The van der Waals surface area contributed by atoms with Crippen LogP contribution in [0.25, 0.3) is 0 Å². The van der Waals surface area contributed by atoms with Crippen LogP contribution < -0.4 is 0 Å². The van der Waals surface area contributed by atoms with Gasteiger partial charge in [-0.05, 0) is 0 Å². The molecule has 0 radical (unpaired) electrons. The Labute approximate surface area is 50.5 Å². The van der Waals surface area contributed by atoms with Crippen LogP contribution in [-0.4, -0.2) is 11.5 Å². The van der Waals surface area contributed by atoms with Crippen LogP contribution in [0.5, 0.6) is 0 Å². The molecule has 0 spiro atoms. The maximum absolute atomic E-state index is 2.18. The molecule has 42 valence electrons. The zero-order valence-corrected chi connectivity index (χ0v) is 5.17. The molecule has 0 aliphatic rings. The number of hydrogen-bond donors (Lipinski definition) is 0. The van der Waals surface area contributed by atoms with Crippen molar-refractivity contribution in [1.82, 2.24) is 4.57 Å². The molecule has 2 heteroatoms. The van der Waals surface area contributed by atoms with Gasteiger partial charge >= 0.3 is 49.6 Å². The number of hydrogen-bond acceptors (Lipinski definition) is 0. The third-order valence-corrected chi connectivity index (χ3v) is 1.15. The molecule has 0 bridgehead atoms. The Morgan fingerprint density at radius 3 is 3.00 bits per heavy atom. The average Bonchev–Trinajstić information content (AvgIpc) is 2.19. The second-order valence-electron chi connectivity index (χ2n) is 1.92. The molecule has 0 aliphatic carbocycles. The fraction of sp³-hybridized carbons (Fsp3) is 0.500. The van der Waals surface area contributed by atoms with E-state index in [1.54, 1.807) is 0 Å². The molecule has 0 atom stereocenters. The topological polar surface area (TPSA) is 4.93 Å². The molecule has 0 fully saturated rings. The summed E-state index contributed by atoms with van der Waals surface area (Å²) in [5.74, 6) is 2.05. The van der Waals surface area contributed by atoms with Gasteiger partial charge in [-0.3, -0.25) is 0 Å². The molecule has 1 aromatic rings. The normalized spacial score (nSPS) is 9.12. The summed E-state index contributed by atoms with van der Waals surface area (Å²) in [4.78, 5) is 0. The van der Waals surface area contributed by atoms with Crippen LogP contribution in [0, 0.1) is 0 Å². The monoisotopic (exact) mass is 107 g/mol. The van der Waals surface area contributed by atoms with Crippen molar-refractivity contribution >= 4 is 6.91 Å². The van der Waals surface area contributed by atoms with E-state index in [1.165, 1.54) is 6.42 Å². The number of nitrogens with zero attached hydrogens (tertiary/aromatic N) is 1. The quantitative estimate of drug-likeness (QED) is 0.535. The molecular formula is C6H10BN. The van der Waals surface area contributed by atoms with Gasteiger partial charge in [-0.25, -0.2) is 0 Å². The van der Waals surface area contributed by atoms with Gasteiger partial charge in [-0.2, -0.15) is 0 Å². The molecule has 0 amide bonds. The van der Waals surface area contributed by atoms with Gasteiger partial charge in [-0.15, -0.1) is 0 Å². The van der Waals surface area contributed by atoms with Gasteiger partial charge in [0.15, 0.2) is 0 Å². The number of rotatable bonds is 2. The van der Waals surface area contributed by atoms with Crippen LogP contribution in [-0.2, 0) is 6.54 Å².